The van der Waals surface area contributed by atoms with E-state index in [2.05, 4.69) is 10.6 Å². The van der Waals surface area contributed by atoms with Gasteiger partial charge in [0.15, 0.2) is 0 Å². The topological polar surface area (TPSA) is 58.2 Å². The molecule has 0 heterocycles. The normalized spacial score (nSPS) is 15.5. The maximum atomic E-state index is 11.8. The average molecular weight is 309 g/mol. The van der Waals surface area contributed by atoms with E-state index in [-0.39, 0.29) is 24.3 Å². The Bertz CT molecular complexity index is 525. The summed E-state index contributed by atoms with van der Waals surface area (Å²) < 4.78 is 0. The van der Waals surface area contributed by atoms with Crippen molar-refractivity contribution in [2.45, 2.75) is 51.5 Å². The predicted molar refractivity (Wildman–Crippen MR) is 84.5 cm³/mol. The Hall–Kier alpha value is -1.55. The standard InChI is InChI=1S/C16H21ClN2O2/c1-11-7-8-13(9-14(11)17)19-16(21)10-15(20)18-12-5-3-2-4-6-12/h7-9,12H,2-6,10H2,1H3,(H,18,20)(H,19,21). The second-order valence-corrected chi connectivity index (χ2v) is 6.00. The van der Waals surface area contributed by atoms with Gasteiger partial charge < -0.3 is 10.6 Å². The van der Waals surface area contributed by atoms with Crippen molar-refractivity contribution in [1.82, 2.24) is 5.32 Å². The van der Waals surface area contributed by atoms with Crippen molar-refractivity contribution in [3.8, 4) is 0 Å². The smallest absolute Gasteiger partial charge is 0.233 e. The first-order valence-corrected chi connectivity index (χ1v) is 7.78. The molecule has 2 rings (SSSR count). The molecule has 1 aromatic carbocycles. The van der Waals surface area contributed by atoms with Gasteiger partial charge >= 0.3 is 0 Å². The summed E-state index contributed by atoms with van der Waals surface area (Å²) >= 11 is 6.00. The van der Waals surface area contributed by atoms with Crippen LogP contribution in [0.3, 0.4) is 0 Å². The van der Waals surface area contributed by atoms with E-state index in [9.17, 15) is 9.59 Å². The number of aryl methyl sites for hydroxylation is 1. The van der Waals surface area contributed by atoms with E-state index >= 15 is 0 Å². The zero-order valence-electron chi connectivity index (χ0n) is 12.2. The van der Waals surface area contributed by atoms with Gasteiger partial charge in [-0.25, -0.2) is 0 Å². The summed E-state index contributed by atoms with van der Waals surface area (Å²) in [7, 11) is 0. The van der Waals surface area contributed by atoms with E-state index < -0.39 is 0 Å². The first-order chi connectivity index (χ1) is 10.0. The van der Waals surface area contributed by atoms with Crippen molar-refractivity contribution in [3.63, 3.8) is 0 Å². The molecule has 21 heavy (non-hydrogen) atoms. The van der Waals surface area contributed by atoms with Crippen LogP contribution in [0.2, 0.25) is 5.02 Å². The van der Waals surface area contributed by atoms with Crippen molar-refractivity contribution < 1.29 is 9.59 Å². The van der Waals surface area contributed by atoms with E-state index in [1.54, 1.807) is 12.1 Å². The molecule has 1 aromatic rings. The van der Waals surface area contributed by atoms with Crippen LogP contribution in [-0.2, 0) is 9.59 Å². The third-order valence-corrected chi connectivity index (χ3v) is 4.15. The Balaban J connectivity index is 1.80. The SMILES string of the molecule is Cc1ccc(NC(=O)CC(=O)NC2CCCCC2)cc1Cl. The molecule has 0 unspecified atom stereocenters. The molecular formula is C16H21ClN2O2. The second-order valence-electron chi connectivity index (χ2n) is 5.59. The lowest BCUT2D eigenvalue weighted by atomic mass is 9.95. The molecule has 0 aliphatic heterocycles. The molecule has 0 aromatic heterocycles. The van der Waals surface area contributed by atoms with E-state index in [1.807, 2.05) is 13.0 Å². The van der Waals surface area contributed by atoms with E-state index in [0.717, 1.165) is 31.2 Å². The molecule has 0 bridgehead atoms. The summed E-state index contributed by atoms with van der Waals surface area (Å²) in [6.45, 7) is 1.89. The quantitative estimate of drug-likeness (QED) is 0.837. The third-order valence-electron chi connectivity index (χ3n) is 3.75. The van der Waals surface area contributed by atoms with Crippen molar-refractivity contribution in [2.75, 3.05) is 5.32 Å². The van der Waals surface area contributed by atoms with Crippen LogP contribution in [-0.4, -0.2) is 17.9 Å². The van der Waals surface area contributed by atoms with Crippen LogP contribution in [0.4, 0.5) is 5.69 Å². The lowest BCUT2D eigenvalue weighted by molar-refractivity contribution is -0.127. The van der Waals surface area contributed by atoms with Crippen LogP contribution in [0, 0.1) is 6.92 Å². The minimum absolute atomic E-state index is 0.151. The number of rotatable bonds is 4. The zero-order valence-corrected chi connectivity index (χ0v) is 13.0. The van der Waals surface area contributed by atoms with E-state index in [4.69, 9.17) is 11.6 Å². The number of halogens is 1. The number of hydrogen-bond acceptors (Lipinski definition) is 2. The first-order valence-electron chi connectivity index (χ1n) is 7.40. The van der Waals surface area contributed by atoms with Crippen molar-refractivity contribution in [2.24, 2.45) is 0 Å². The van der Waals surface area contributed by atoms with Gasteiger partial charge in [0.25, 0.3) is 0 Å². The van der Waals surface area contributed by atoms with Gasteiger partial charge in [0.05, 0.1) is 0 Å². The second kappa shape index (κ2) is 7.46. The van der Waals surface area contributed by atoms with Crippen molar-refractivity contribution in [3.05, 3.63) is 28.8 Å². The van der Waals surface area contributed by atoms with Crippen LogP contribution in [0.25, 0.3) is 0 Å². The molecule has 2 N–H and O–H groups in total. The van der Waals surface area contributed by atoms with Crippen LogP contribution >= 0.6 is 11.6 Å². The molecule has 0 spiro atoms. The summed E-state index contributed by atoms with van der Waals surface area (Å²) in [4.78, 5) is 23.7. The lowest BCUT2D eigenvalue weighted by Crippen LogP contribution is -2.37. The fourth-order valence-electron chi connectivity index (χ4n) is 2.55. The average Bonchev–Trinajstić information content (AvgIpc) is 2.43. The fourth-order valence-corrected chi connectivity index (χ4v) is 2.73. The minimum Gasteiger partial charge on any atom is -0.353 e. The van der Waals surface area contributed by atoms with Gasteiger partial charge in [-0.3, -0.25) is 9.59 Å². The maximum Gasteiger partial charge on any atom is 0.233 e. The predicted octanol–water partition coefficient (Wildman–Crippen LogP) is 3.43. The molecule has 114 valence electrons. The number of benzene rings is 1. The molecule has 5 heteroatoms. The van der Waals surface area contributed by atoms with E-state index in [0.29, 0.717) is 10.7 Å². The van der Waals surface area contributed by atoms with Gasteiger partial charge in [-0.15, -0.1) is 0 Å². The van der Waals surface area contributed by atoms with Crippen molar-refractivity contribution in [1.29, 1.82) is 0 Å². The highest BCUT2D eigenvalue weighted by Gasteiger charge is 2.17. The van der Waals surface area contributed by atoms with Crippen molar-refractivity contribution >= 4 is 29.1 Å². The molecule has 1 saturated carbocycles. The summed E-state index contributed by atoms with van der Waals surface area (Å²) in [6, 6.07) is 5.53. The number of carbonyl (C=O) groups is 2. The largest absolute Gasteiger partial charge is 0.353 e. The number of carbonyl (C=O) groups excluding carboxylic acids is 2. The zero-order chi connectivity index (χ0) is 15.2. The van der Waals surface area contributed by atoms with Gasteiger partial charge in [0.2, 0.25) is 11.8 Å². The third kappa shape index (κ3) is 5.05. The lowest BCUT2D eigenvalue weighted by Gasteiger charge is -2.22. The fraction of sp³-hybridized carbons (Fsp3) is 0.500. The number of hydrogen-bond donors (Lipinski definition) is 2. The molecule has 4 nitrogen and oxygen atoms in total. The number of anilines is 1. The van der Waals surface area contributed by atoms with Crippen LogP contribution in [0.15, 0.2) is 18.2 Å². The van der Waals surface area contributed by atoms with Crippen LogP contribution in [0.5, 0.6) is 0 Å². The highest BCUT2D eigenvalue weighted by Crippen LogP contribution is 2.20. The molecular weight excluding hydrogens is 288 g/mol. The Morgan fingerprint density at radius 2 is 1.90 bits per heavy atom. The summed E-state index contributed by atoms with van der Waals surface area (Å²) in [6.07, 6.45) is 5.42. The molecule has 0 atom stereocenters. The highest BCUT2D eigenvalue weighted by molar-refractivity contribution is 6.31. The van der Waals surface area contributed by atoms with Gasteiger partial charge in [-0.05, 0) is 37.5 Å². The van der Waals surface area contributed by atoms with Crippen LogP contribution in [0.1, 0.15) is 44.1 Å². The van der Waals surface area contributed by atoms with Gasteiger partial charge in [0, 0.05) is 16.8 Å². The first kappa shape index (κ1) is 15.8. The maximum absolute atomic E-state index is 11.8. The van der Waals surface area contributed by atoms with Gasteiger partial charge in [-0.1, -0.05) is 36.9 Å². The Labute approximate surface area is 130 Å². The molecule has 0 radical (unpaired) electrons. The number of amides is 2. The molecule has 1 aliphatic carbocycles. The Morgan fingerprint density at radius 1 is 1.19 bits per heavy atom. The highest BCUT2D eigenvalue weighted by atomic mass is 35.5. The molecule has 2 amide bonds. The van der Waals surface area contributed by atoms with Crippen LogP contribution < -0.4 is 10.6 Å². The number of nitrogens with one attached hydrogen (secondary N) is 2. The Kier molecular flexibility index (Phi) is 5.62. The Morgan fingerprint density at radius 3 is 2.57 bits per heavy atom. The van der Waals surface area contributed by atoms with Gasteiger partial charge in [-0.2, -0.15) is 0 Å². The molecule has 0 saturated heterocycles. The molecule has 1 aliphatic rings. The summed E-state index contributed by atoms with van der Waals surface area (Å²) in [5, 5.41) is 6.22. The molecule has 1 fully saturated rings. The summed E-state index contributed by atoms with van der Waals surface area (Å²) in [5.41, 5.74) is 1.56. The van der Waals surface area contributed by atoms with Gasteiger partial charge in [0.1, 0.15) is 6.42 Å². The van der Waals surface area contributed by atoms with E-state index in [1.165, 1.54) is 6.42 Å². The minimum atomic E-state index is -0.316. The monoisotopic (exact) mass is 308 g/mol. The summed E-state index contributed by atoms with van der Waals surface area (Å²) in [5.74, 6) is -0.527.